The number of para-hydroxylation sites is 1. The minimum atomic E-state index is -0.125. The third-order valence-corrected chi connectivity index (χ3v) is 5.30. The summed E-state index contributed by atoms with van der Waals surface area (Å²) in [5, 5.41) is 14.1. The average molecular weight is 408 g/mol. The highest BCUT2D eigenvalue weighted by Crippen LogP contribution is 2.31. The zero-order valence-corrected chi connectivity index (χ0v) is 17.5. The molecule has 3 aromatic rings. The van der Waals surface area contributed by atoms with E-state index < -0.39 is 0 Å². The minimum absolute atomic E-state index is 0.125. The maximum atomic E-state index is 12.9. The Morgan fingerprint density at radius 2 is 1.93 bits per heavy atom. The number of benzene rings is 2. The molecule has 7 heteroatoms. The van der Waals surface area contributed by atoms with E-state index in [1.165, 1.54) is 36.8 Å². The van der Waals surface area contributed by atoms with Crippen molar-refractivity contribution in [3.05, 3.63) is 65.7 Å². The first-order valence-corrected chi connectivity index (χ1v) is 10.9. The third-order valence-electron chi connectivity index (χ3n) is 4.56. The summed E-state index contributed by atoms with van der Waals surface area (Å²) < 4.78 is 1.63. The van der Waals surface area contributed by atoms with Crippen LogP contribution in [0, 0.1) is 0 Å². The summed E-state index contributed by atoms with van der Waals surface area (Å²) in [6, 6.07) is 15.9. The number of aromatic nitrogens is 4. The van der Waals surface area contributed by atoms with Gasteiger partial charge in [-0.1, -0.05) is 56.2 Å². The van der Waals surface area contributed by atoms with Crippen molar-refractivity contribution in [1.82, 2.24) is 20.6 Å². The van der Waals surface area contributed by atoms with Crippen molar-refractivity contribution in [1.29, 1.82) is 0 Å². The Morgan fingerprint density at radius 1 is 1.14 bits per heavy atom. The van der Waals surface area contributed by atoms with Crippen molar-refractivity contribution >= 4 is 29.6 Å². The highest BCUT2D eigenvalue weighted by molar-refractivity contribution is 8.00. The van der Waals surface area contributed by atoms with E-state index in [1.54, 1.807) is 10.4 Å². The van der Waals surface area contributed by atoms with Gasteiger partial charge in [0, 0.05) is 17.9 Å². The Balaban J connectivity index is 1.72. The van der Waals surface area contributed by atoms with Gasteiger partial charge in [-0.25, -0.2) is 0 Å². The first-order chi connectivity index (χ1) is 14.2. The number of tetrazole rings is 1. The summed E-state index contributed by atoms with van der Waals surface area (Å²) in [6.07, 6.45) is 10.1. The molecule has 6 nitrogen and oxygen atoms in total. The predicted octanol–water partition coefficient (Wildman–Crippen LogP) is 4.92. The number of amides is 1. The number of rotatable bonds is 9. The molecule has 0 unspecified atom stereocenters. The molecule has 0 bridgehead atoms. The number of nitrogens with zero attached hydrogens (tertiary/aromatic N) is 4. The molecule has 0 spiro atoms. The summed E-state index contributed by atoms with van der Waals surface area (Å²) in [4.78, 5) is 12.9. The molecule has 1 heterocycles. The summed E-state index contributed by atoms with van der Waals surface area (Å²) in [6.45, 7) is 2.21. The number of hydrogen-bond donors (Lipinski definition) is 1. The lowest BCUT2D eigenvalue weighted by Gasteiger charge is -2.20. The third kappa shape index (κ3) is 5.54. The predicted molar refractivity (Wildman–Crippen MR) is 119 cm³/mol. The molecule has 0 radical (unpaired) electrons. The van der Waals surface area contributed by atoms with Gasteiger partial charge in [-0.2, -0.15) is 5.21 Å². The number of H-pyrrole nitrogens is 1. The Bertz CT molecular complexity index is 938. The van der Waals surface area contributed by atoms with Crippen LogP contribution in [-0.4, -0.2) is 32.8 Å². The topological polar surface area (TPSA) is 74.8 Å². The standard InChI is InChI=1S/C22H25N5OS/c1-3-4-5-8-17-11-13-18(14-12-17)15-16-21(28)27(29-2)20-10-7-6-9-19(20)22-23-25-26-24-22/h6-7,9-16H,3-5,8H2,1-2H3,(H,23,24,25,26). The molecule has 2 aromatic carbocycles. The first-order valence-electron chi connectivity index (χ1n) is 9.71. The van der Waals surface area contributed by atoms with Gasteiger partial charge in [-0.3, -0.25) is 9.10 Å². The van der Waals surface area contributed by atoms with E-state index in [4.69, 9.17) is 0 Å². The SMILES string of the molecule is CCCCCc1ccc(C=CC(=O)N(SC)c2ccccc2-c2nn[nH]n2)cc1. The van der Waals surface area contributed by atoms with Crippen LogP contribution < -0.4 is 4.31 Å². The van der Waals surface area contributed by atoms with Crippen LogP contribution in [0.2, 0.25) is 0 Å². The molecule has 1 amide bonds. The Morgan fingerprint density at radius 3 is 2.62 bits per heavy atom. The Labute approximate surface area is 175 Å². The van der Waals surface area contributed by atoms with Crippen molar-refractivity contribution in [3.63, 3.8) is 0 Å². The van der Waals surface area contributed by atoms with Crippen molar-refractivity contribution in [2.75, 3.05) is 10.6 Å². The smallest absolute Gasteiger partial charge is 0.261 e. The van der Waals surface area contributed by atoms with Gasteiger partial charge in [0.2, 0.25) is 5.82 Å². The van der Waals surface area contributed by atoms with Crippen LogP contribution in [0.4, 0.5) is 5.69 Å². The molecular formula is C22H25N5OS. The Kier molecular flexibility index (Phi) is 7.58. The highest BCUT2D eigenvalue weighted by Gasteiger charge is 2.18. The molecule has 0 saturated carbocycles. The second kappa shape index (κ2) is 10.6. The van der Waals surface area contributed by atoms with Crippen LogP contribution in [0.1, 0.15) is 37.3 Å². The number of anilines is 1. The quantitative estimate of drug-likeness (QED) is 0.309. The lowest BCUT2D eigenvalue weighted by Crippen LogP contribution is -2.21. The molecule has 0 atom stereocenters. The van der Waals surface area contributed by atoms with E-state index in [2.05, 4.69) is 51.8 Å². The summed E-state index contributed by atoms with van der Waals surface area (Å²) >= 11 is 1.34. The molecule has 0 aliphatic heterocycles. The molecule has 1 N–H and O–H groups in total. The fourth-order valence-electron chi connectivity index (χ4n) is 3.03. The lowest BCUT2D eigenvalue weighted by atomic mass is 10.1. The number of carbonyl (C=O) groups excluding carboxylic acids is 1. The molecule has 0 aliphatic carbocycles. The monoisotopic (exact) mass is 407 g/mol. The van der Waals surface area contributed by atoms with Gasteiger partial charge in [0.15, 0.2) is 0 Å². The van der Waals surface area contributed by atoms with E-state index in [0.29, 0.717) is 5.82 Å². The lowest BCUT2D eigenvalue weighted by molar-refractivity contribution is -0.112. The zero-order chi connectivity index (χ0) is 20.5. The fourth-order valence-corrected chi connectivity index (χ4v) is 3.63. The summed E-state index contributed by atoms with van der Waals surface area (Å²) in [5.74, 6) is 0.329. The van der Waals surface area contributed by atoms with Crippen LogP contribution in [0.25, 0.3) is 17.5 Å². The summed E-state index contributed by atoms with van der Waals surface area (Å²) in [7, 11) is 0. The van der Waals surface area contributed by atoms with Crippen molar-refractivity contribution in [2.45, 2.75) is 32.6 Å². The molecular weight excluding hydrogens is 382 g/mol. The molecule has 29 heavy (non-hydrogen) atoms. The normalized spacial score (nSPS) is 11.1. The average Bonchev–Trinajstić information content (AvgIpc) is 3.29. The fraction of sp³-hybridized carbons (Fsp3) is 0.273. The number of carbonyl (C=O) groups is 1. The van der Waals surface area contributed by atoms with E-state index in [-0.39, 0.29) is 5.91 Å². The van der Waals surface area contributed by atoms with Gasteiger partial charge in [-0.05, 0) is 59.3 Å². The van der Waals surface area contributed by atoms with Crippen molar-refractivity contribution in [2.24, 2.45) is 0 Å². The largest absolute Gasteiger partial charge is 0.268 e. The van der Waals surface area contributed by atoms with Crippen LogP contribution in [0.3, 0.4) is 0 Å². The molecule has 0 fully saturated rings. The van der Waals surface area contributed by atoms with Gasteiger partial charge < -0.3 is 0 Å². The number of unbranched alkanes of at least 4 members (excludes halogenated alkanes) is 2. The zero-order valence-electron chi connectivity index (χ0n) is 16.7. The van der Waals surface area contributed by atoms with E-state index in [9.17, 15) is 4.79 Å². The maximum absolute atomic E-state index is 12.9. The number of aryl methyl sites for hydroxylation is 1. The highest BCUT2D eigenvalue weighted by atomic mass is 32.2. The van der Waals surface area contributed by atoms with Gasteiger partial charge in [0.05, 0.1) is 5.69 Å². The maximum Gasteiger partial charge on any atom is 0.261 e. The van der Waals surface area contributed by atoms with Gasteiger partial charge in [-0.15, -0.1) is 10.2 Å². The van der Waals surface area contributed by atoms with Crippen LogP contribution >= 0.6 is 11.9 Å². The second-order valence-corrected chi connectivity index (χ2v) is 7.33. The number of nitrogens with one attached hydrogen (secondary N) is 1. The van der Waals surface area contributed by atoms with E-state index in [1.807, 2.05) is 36.6 Å². The van der Waals surface area contributed by atoms with Gasteiger partial charge >= 0.3 is 0 Å². The van der Waals surface area contributed by atoms with Crippen molar-refractivity contribution in [3.8, 4) is 11.4 Å². The minimum Gasteiger partial charge on any atom is -0.268 e. The van der Waals surface area contributed by atoms with E-state index >= 15 is 0 Å². The molecule has 3 rings (SSSR count). The summed E-state index contributed by atoms with van der Waals surface area (Å²) in [5.41, 5.74) is 3.81. The van der Waals surface area contributed by atoms with Crippen LogP contribution in [0.5, 0.6) is 0 Å². The van der Waals surface area contributed by atoms with E-state index in [0.717, 1.165) is 23.2 Å². The second-order valence-electron chi connectivity index (χ2n) is 6.60. The number of hydrogen-bond acceptors (Lipinski definition) is 5. The van der Waals surface area contributed by atoms with Gasteiger partial charge in [0.25, 0.3) is 5.91 Å². The number of aromatic amines is 1. The molecule has 0 saturated heterocycles. The first kappa shape index (κ1) is 20.8. The van der Waals surface area contributed by atoms with Crippen molar-refractivity contribution < 1.29 is 4.79 Å². The molecule has 1 aromatic heterocycles. The molecule has 0 aliphatic rings. The van der Waals surface area contributed by atoms with Crippen LogP contribution in [-0.2, 0) is 11.2 Å². The molecule has 150 valence electrons. The van der Waals surface area contributed by atoms with Crippen LogP contribution in [0.15, 0.2) is 54.6 Å². The van der Waals surface area contributed by atoms with Gasteiger partial charge in [0.1, 0.15) is 0 Å². The Hall–Kier alpha value is -2.93.